The van der Waals surface area contributed by atoms with Gasteiger partial charge < -0.3 is 9.42 Å². The van der Waals surface area contributed by atoms with Crippen molar-refractivity contribution in [1.29, 1.82) is 0 Å². The molecular weight excluding hydrogens is 290 g/mol. The molecule has 1 aromatic heterocycles. The summed E-state index contributed by atoms with van der Waals surface area (Å²) in [6.45, 7) is 5.86. The van der Waals surface area contributed by atoms with Crippen molar-refractivity contribution in [2.75, 3.05) is 26.2 Å². The normalized spacial score (nSPS) is 16.1. The Hall–Kier alpha value is -2.40. The van der Waals surface area contributed by atoms with Crippen molar-refractivity contribution in [3.8, 4) is 0 Å². The van der Waals surface area contributed by atoms with Crippen molar-refractivity contribution in [2.24, 2.45) is 0 Å². The second-order valence-corrected chi connectivity index (χ2v) is 5.78. The summed E-state index contributed by atoms with van der Waals surface area (Å²) in [4.78, 5) is 16.4. The Balaban J connectivity index is 1.48. The predicted molar refractivity (Wildman–Crippen MR) is 88.6 cm³/mol. The topological polar surface area (TPSA) is 49.6 Å². The van der Waals surface area contributed by atoms with Crippen LogP contribution in [0, 0.1) is 6.92 Å². The summed E-state index contributed by atoms with van der Waals surface area (Å²) < 4.78 is 5.25. The molecule has 2 aromatic rings. The van der Waals surface area contributed by atoms with Gasteiger partial charge in [-0.15, -0.1) is 0 Å². The zero-order chi connectivity index (χ0) is 16.1. The Bertz CT molecular complexity index is 671. The Kier molecular flexibility index (Phi) is 4.88. The molecule has 1 aromatic carbocycles. The first kappa shape index (κ1) is 15.5. The molecule has 0 unspecified atom stereocenters. The lowest BCUT2D eigenvalue weighted by molar-refractivity contribution is -0.127. The van der Waals surface area contributed by atoms with Gasteiger partial charge in [-0.1, -0.05) is 35.5 Å². The van der Waals surface area contributed by atoms with E-state index in [1.165, 1.54) is 0 Å². The van der Waals surface area contributed by atoms with Crippen LogP contribution in [0.2, 0.25) is 0 Å². The van der Waals surface area contributed by atoms with E-state index in [4.69, 9.17) is 4.52 Å². The lowest BCUT2D eigenvalue weighted by Crippen LogP contribution is -2.47. The third-order valence-electron chi connectivity index (χ3n) is 3.96. The smallest absolute Gasteiger partial charge is 0.246 e. The lowest BCUT2D eigenvalue weighted by Gasteiger charge is -2.33. The minimum absolute atomic E-state index is 0.0732. The molecule has 0 bridgehead atoms. The van der Waals surface area contributed by atoms with Crippen molar-refractivity contribution in [2.45, 2.75) is 13.5 Å². The fourth-order valence-electron chi connectivity index (χ4n) is 2.67. The van der Waals surface area contributed by atoms with E-state index in [1.54, 1.807) is 6.08 Å². The highest BCUT2D eigenvalue weighted by Gasteiger charge is 2.20. The van der Waals surface area contributed by atoms with Crippen LogP contribution in [-0.2, 0) is 11.3 Å². The number of hydrogen-bond donors (Lipinski definition) is 0. The van der Waals surface area contributed by atoms with Crippen LogP contribution in [0.5, 0.6) is 0 Å². The second-order valence-electron chi connectivity index (χ2n) is 5.78. The maximum Gasteiger partial charge on any atom is 0.246 e. The lowest BCUT2D eigenvalue weighted by atomic mass is 10.2. The highest BCUT2D eigenvalue weighted by Crippen LogP contribution is 2.10. The van der Waals surface area contributed by atoms with E-state index in [2.05, 4.69) is 10.1 Å². The number of aryl methyl sites for hydroxylation is 1. The summed E-state index contributed by atoms with van der Waals surface area (Å²) >= 11 is 0. The Morgan fingerprint density at radius 3 is 2.61 bits per heavy atom. The average Bonchev–Trinajstić information content (AvgIpc) is 2.99. The molecule has 0 aliphatic carbocycles. The van der Waals surface area contributed by atoms with E-state index in [0.29, 0.717) is 0 Å². The molecule has 1 aliphatic heterocycles. The van der Waals surface area contributed by atoms with Crippen molar-refractivity contribution >= 4 is 12.0 Å². The van der Waals surface area contributed by atoms with Gasteiger partial charge >= 0.3 is 0 Å². The third kappa shape index (κ3) is 4.29. The van der Waals surface area contributed by atoms with Crippen LogP contribution in [0.4, 0.5) is 0 Å². The number of nitrogens with zero attached hydrogens (tertiary/aromatic N) is 3. The van der Waals surface area contributed by atoms with Gasteiger partial charge in [-0.25, -0.2) is 0 Å². The number of rotatable bonds is 4. The molecule has 1 saturated heterocycles. The van der Waals surface area contributed by atoms with E-state index < -0.39 is 0 Å². The quantitative estimate of drug-likeness (QED) is 0.813. The molecule has 0 saturated carbocycles. The zero-order valence-corrected chi connectivity index (χ0v) is 13.3. The molecule has 120 valence electrons. The van der Waals surface area contributed by atoms with Gasteiger partial charge in [0.05, 0.1) is 12.2 Å². The van der Waals surface area contributed by atoms with E-state index in [0.717, 1.165) is 49.7 Å². The largest absolute Gasteiger partial charge is 0.360 e. The molecule has 1 fully saturated rings. The minimum atomic E-state index is 0.0732. The number of piperazine rings is 1. The van der Waals surface area contributed by atoms with Crippen LogP contribution in [0.1, 0.15) is 17.0 Å². The van der Waals surface area contributed by atoms with E-state index in [-0.39, 0.29) is 5.91 Å². The van der Waals surface area contributed by atoms with Crippen molar-refractivity contribution in [3.63, 3.8) is 0 Å². The van der Waals surface area contributed by atoms with Gasteiger partial charge in [0, 0.05) is 38.3 Å². The molecule has 3 rings (SSSR count). The van der Waals surface area contributed by atoms with Crippen molar-refractivity contribution in [1.82, 2.24) is 15.0 Å². The molecule has 0 N–H and O–H groups in total. The van der Waals surface area contributed by atoms with Crippen LogP contribution in [0.3, 0.4) is 0 Å². The summed E-state index contributed by atoms with van der Waals surface area (Å²) in [5.41, 5.74) is 1.94. The van der Waals surface area contributed by atoms with E-state index in [9.17, 15) is 4.79 Å². The van der Waals surface area contributed by atoms with Gasteiger partial charge in [0.15, 0.2) is 5.76 Å². The molecule has 0 atom stereocenters. The first-order chi connectivity index (χ1) is 11.2. The molecule has 1 aliphatic rings. The number of hydrogen-bond acceptors (Lipinski definition) is 4. The molecule has 0 radical (unpaired) electrons. The number of amides is 1. The second kappa shape index (κ2) is 7.24. The Morgan fingerprint density at radius 1 is 1.22 bits per heavy atom. The minimum Gasteiger partial charge on any atom is -0.360 e. The molecule has 0 spiro atoms. The van der Waals surface area contributed by atoms with Crippen molar-refractivity contribution in [3.05, 3.63) is 59.5 Å². The number of carbonyl (C=O) groups is 1. The fourth-order valence-corrected chi connectivity index (χ4v) is 2.67. The number of aromatic nitrogens is 1. The standard InChI is InChI=1S/C18H21N3O2/c1-15-13-17(23-19-15)14-20-9-11-21(12-10-20)18(22)8-7-16-5-3-2-4-6-16/h2-8,13H,9-12,14H2,1H3/b8-7+. The highest BCUT2D eigenvalue weighted by atomic mass is 16.5. The monoisotopic (exact) mass is 311 g/mol. The fraction of sp³-hybridized carbons (Fsp3) is 0.333. The van der Waals surface area contributed by atoms with Gasteiger partial charge in [-0.05, 0) is 18.6 Å². The van der Waals surface area contributed by atoms with Gasteiger partial charge in [0.25, 0.3) is 0 Å². The van der Waals surface area contributed by atoms with Crippen molar-refractivity contribution < 1.29 is 9.32 Å². The molecule has 5 heteroatoms. The highest BCUT2D eigenvalue weighted by molar-refractivity contribution is 5.91. The van der Waals surface area contributed by atoms with Gasteiger partial charge in [0.2, 0.25) is 5.91 Å². The van der Waals surface area contributed by atoms with Crippen LogP contribution >= 0.6 is 0 Å². The van der Waals surface area contributed by atoms with E-state index in [1.807, 2.05) is 54.3 Å². The van der Waals surface area contributed by atoms with E-state index >= 15 is 0 Å². The van der Waals surface area contributed by atoms with Gasteiger partial charge in [-0.2, -0.15) is 0 Å². The first-order valence-corrected chi connectivity index (χ1v) is 7.87. The molecule has 5 nitrogen and oxygen atoms in total. The van der Waals surface area contributed by atoms with Crippen LogP contribution < -0.4 is 0 Å². The molecule has 23 heavy (non-hydrogen) atoms. The number of carbonyl (C=O) groups excluding carboxylic acids is 1. The Labute approximate surface area is 136 Å². The molecular formula is C18H21N3O2. The zero-order valence-electron chi connectivity index (χ0n) is 13.3. The third-order valence-corrected chi connectivity index (χ3v) is 3.96. The molecule has 2 heterocycles. The molecule has 1 amide bonds. The van der Waals surface area contributed by atoms with Gasteiger partial charge in [0.1, 0.15) is 0 Å². The number of benzene rings is 1. The summed E-state index contributed by atoms with van der Waals surface area (Å²) in [7, 11) is 0. The SMILES string of the molecule is Cc1cc(CN2CCN(C(=O)/C=C/c3ccccc3)CC2)on1. The summed E-state index contributed by atoms with van der Waals surface area (Å²) in [6.07, 6.45) is 3.52. The van der Waals surface area contributed by atoms with Gasteiger partial charge in [-0.3, -0.25) is 9.69 Å². The Morgan fingerprint density at radius 2 is 1.96 bits per heavy atom. The van der Waals surface area contributed by atoms with Crippen LogP contribution in [0.15, 0.2) is 47.0 Å². The average molecular weight is 311 g/mol. The predicted octanol–water partition coefficient (Wildman–Crippen LogP) is 2.34. The maximum absolute atomic E-state index is 12.2. The summed E-state index contributed by atoms with van der Waals surface area (Å²) in [6, 6.07) is 11.8. The summed E-state index contributed by atoms with van der Waals surface area (Å²) in [5.74, 6) is 0.954. The first-order valence-electron chi connectivity index (χ1n) is 7.87. The van der Waals surface area contributed by atoms with Crippen LogP contribution in [-0.4, -0.2) is 47.0 Å². The maximum atomic E-state index is 12.2. The van der Waals surface area contributed by atoms with Crippen LogP contribution in [0.25, 0.3) is 6.08 Å². The summed E-state index contributed by atoms with van der Waals surface area (Å²) in [5, 5.41) is 3.90.